The van der Waals surface area contributed by atoms with Crippen LogP contribution in [0.5, 0.6) is 0 Å². The van der Waals surface area contributed by atoms with Gasteiger partial charge in [0.05, 0.1) is 26.3 Å². The van der Waals surface area contributed by atoms with Crippen LogP contribution in [0.2, 0.25) is 0 Å². The van der Waals surface area contributed by atoms with Crippen molar-refractivity contribution < 1.29 is 14.3 Å². The first kappa shape index (κ1) is 19.7. The van der Waals surface area contributed by atoms with Gasteiger partial charge in [-0.1, -0.05) is 12.1 Å². The maximum absolute atomic E-state index is 12.0. The van der Waals surface area contributed by atoms with Crippen LogP contribution in [0.3, 0.4) is 0 Å². The van der Waals surface area contributed by atoms with Crippen molar-refractivity contribution in [2.75, 3.05) is 39.4 Å². The molecule has 0 spiro atoms. The third-order valence-corrected chi connectivity index (χ3v) is 4.47. The van der Waals surface area contributed by atoms with Gasteiger partial charge in [0, 0.05) is 24.0 Å². The van der Waals surface area contributed by atoms with Gasteiger partial charge in [-0.15, -0.1) is 0 Å². The lowest BCUT2D eigenvalue weighted by Gasteiger charge is -2.25. The molecule has 1 aromatic rings. The van der Waals surface area contributed by atoms with E-state index in [0.29, 0.717) is 19.8 Å². The number of benzene rings is 1. The monoisotopic (exact) mass is 366 g/mol. The Balaban J connectivity index is 1.65. The molecule has 1 unspecified atom stereocenters. The third kappa shape index (κ3) is 7.43. The number of amides is 2. The maximum atomic E-state index is 12.0. The van der Waals surface area contributed by atoms with E-state index in [9.17, 15) is 9.59 Å². The van der Waals surface area contributed by atoms with Crippen LogP contribution in [0.1, 0.15) is 12.5 Å². The number of nitrogens with one attached hydrogen (secondary N) is 2. The molecule has 0 aromatic heterocycles. The minimum atomic E-state index is -0.183. The van der Waals surface area contributed by atoms with Crippen LogP contribution in [0.25, 0.3) is 0 Å². The molecule has 8 heteroatoms. The largest absolute Gasteiger partial charge is 0.379 e. The lowest BCUT2D eigenvalue weighted by Crippen LogP contribution is -2.46. The van der Waals surface area contributed by atoms with E-state index in [1.165, 1.54) is 11.9 Å². The van der Waals surface area contributed by atoms with Crippen LogP contribution in [0.4, 0.5) is 0 Å². The number of nitrogens with two attached hydrogens (primary N) is 1. The van der Waals surface area contributed by atoms with Gasteiger partial charge in [0.2, 0.25) is 11.8 Å². The van der Waals surface area contributed by atoms with Crippen molar-refractivity contribution >= 4 is 23.8 Å². The molecule has 1 aliphatic rings. The van der Waals surface area contributed by atoms with Crippen LogP contribution in [0, 0.1) is 0 Å². The molecule has 0 saturated carbocycles. The minimum Gasteiger partial charge on any atom is -0.379 e. The van der Waals surface area contributed by atoms with Gasteiger partial charge in [0.1, 0.15) is 0 Å². The van der Waals surface area contributed by atoms with Gasteiger partial charge in [-0.25, -0.2) is 0 Å². The minimum absolute atomic E-state index is 0.00371. The van der Waals surface area contributed by atoms with Gasteiger partial charge in [0.25, 0.3) is 0 Å². The Labute approximate surface area is 152 Å². The zero-order chi connectivity index (χ0) is 18.1. The number of ether oxygens (including phenoxy) is 1. The van der Waals surface area contributed by atoms with E-state index in [0.717, 1.165) is 30.0 Å². The molecule has 0 radical (unpaired) electrons. The molecule has 1 heterocycles. The van der Waals surface area contributed by atoms with Gasteiger partial charge in [-0.2, -0.15) is 0 Å². The second-order valence-electron chi connectivity index (χ2n) is 6.10. The van der Waals surface area contributed by atoms with E-state index in [-0.39, 0.29) is 24.4 Å². The second kappa shape index (κ2) is 10.4. The standard InChI is InChI=1S/C17H26N4O3S/c1-13(10-14-2-4-15(25-18)5-3-14)20-16(22)11-19-17(23)12-21-6-8-24-9-7-21/h2-5,13H,6-12,18H2,1H3,(H,19,23)(H,20,22). The summed E-state index contributed by atoms with van der Waals surface area (Å²) in [6.45, 7) is 5.04. The van der Waals surface area contributed by atoms with Gasteiger partial charge in [-0.05, 0) is 43.0 Å². The molecule has 1 fully saturated rings. The Hall–Kier alpha value is -1.61. The topological polar surface area (TPSA) is 96.7 Å². The number of hydrogen-bond donors (Lipinski definition) is 3. The molecule has 1 saturated heterocycles. The zero-order valence-electron chi connectivity index (χ0n) is 14.5. The molecule has 2 amide bonds. The lowest BCUT2D eigenvalue weighted by atomic mass is 10.1. The summed E-state index contributed by atoms with van der Waals surface area (Å²) in [5, 5.41) is 11.1. The van der Waals surface area contributed by atoms with Crippen molar-refractivity contribution in [2.24, 2.45) is 5.14 Å². The Bertz CT molecular complexity index is 562. The number of carbonyl (C=O) groups is 2. The van der Waals surface area contributed by atoms with Gasteiger partial charge in [-0.3, -0.25) is 19.6 Å². The van der Waals surface area contributed by atoms with Gasteiger partial charge in [0.15, 0.2) is 0 Å². The normalized spacial score (nSPS) is 16.2. The first-order valence-corrected chi connectivity index (χ1v) is 9.26. The average Bonchev–Trinajstić information content (AvgIpc) is 2.61. The van der Waals surface area contributed by atoms with E-state index in [1.54, 1.807) is 0 Å². The Morgan fingerprint density at radius 1 is 1.24 bits per heavy atom. The van der Waals surface area contributed by atoms with Gasteiger partial charge >= 0.3 is 0 Å². The van der Waals surface area contributed by atoms with Crippen molar-refractivity contribution in [3.63, 3.8) is 0 Å². The SMILES string of the molecule is CC(Cc1ccc(SN)cc1)NC(=O)CNC(=O)CN1CCOCC1. The highest BCUT2D eigenvalue weighted by molar-refractivity contribution is 7.97. The first-order chi connectivity index (χ1) is 12.1. The number of hydrogen-bond acceptors (Lipinski definition) is 6. The number of nitrogens with zero attached hydrogens (tertiary/aromatic N) is 1. The van der Waals surface area contributed by atoms with Crippen LogP contribution in [-0.2, 0) is 20.7 Å². The Morgan fingerprint density at radius 2 is 1.92 bits per heavy atom. The first-order valence-electron chi connectivity index (χ1n) is 8.38. The van der Waals surface area contributed by atoms with Crippen LogP contribution >= 0.6 is 11.9 Å². The molecule has 2 rings (SSSR count). The van der Waals surface area contributed by atoms with Crippen molar-refractivity contribution in [1.82, 2.24) is 15.5 Å². The Morgan fingerprint density at radius 3 is 2.56 bits per heavy atom. The van der Waals surface area contributed by atoms with E-state index in [1.807, 2.05) is 36.1 Å². The molecule has 7 nitrogen and oxygen atoms in total. The number of morpholine rings is 1. The third-order valence-electron chi connectivity index (χ3n) is 3.93. The molecular formula is C17H26N4O3S. The fraction of sp³-hybridized carbons (Fsp3) is 0.529. The predicted molar refractivity (Wildman–Crippen MR) is 98.1 cm³/mol. The molecule has 1 aliphatic heterocycles. The molecule has 138 valence electrons. The quantitative estimate of drug-likeness (QED) is 0.567. The molecule has 25 heavy (non-hydrogen) atoms. The summed E-state index contributed by atoms with van der Waals surface area (Å²) in [4.78, 5) is 26.8. The fourth-order valence-electron chi connectivity index (χ4n) is 2.63. The molecule has 4 N–H and O–H groups in total. The summed E-state index contributed by atoms with van der Waals surface area (Å²) < 4.78 is 5.24. The van der Waals surface area contributed by atoms with Gasteiger partial charge < -0.3 is 15.4 Å². The van der Waals surface area contributed by atoms with E-state index < -0.39 is 0 Å². The van der Waals surface area contributed by atoms with Crippen molar-refractivity contribution in [3.05, 3.63) is 29.8 Å². The summed E-state index contributed by atoms with van der Waals surface area (Å²) in [7, 11) is 0. The molecule has 0 aliphatic carbocycles. The smallest absolute Gasteiger partial charge is 0.239 e. The van der Waals surface area contributed by atoms with E-state index in [2.05, 4.69) is 10.6 Å². The molecule has 1 aromatic carbocycles. The predicted octanol–water partition coefficient (Wildman–Crippen LogP) is 0.148. The van der Waals surface area contributed by atoms with Crippen LogP contribution in [-0.4, -0.2) is 62.1 Å². The fourth-order valence-corrected chi connectivity index (χ4v) is 2.92. The average molecular weight is 366 g/mol. The molecule has 1 atom stereocenters. The maximum Gasteiger partial charge on any atom is 0.239 e. The lowest BCUT2D eigenvalue weighted by molar-refractivity contribution is -0.127. The number of carbonyl (C=O) groups excluding carboxylic acids is 2. The highest BCUT2D eigenvalue weighted by Gasteiger charge is 2.15. The van der Waals surface area contributed by atoms with Crippen LogP contribution < -0.4 is 15.8 Å². The van der Waals surface area contributed by atoms with Crippen molar-refractivity contribution in [2.45, 2.75) is 24.3 Å². The zero-order valence-corrected chi connectivity index (χ0v) is 15.3. The van der Waals surface area contributed by atoms with Crippen LogP contribution in [0.15, 0.2) is 29.2 Å². The van der Waals surface area contributed by atoms with E-state index >= 15 is 0 Å². The Kier molecular flexibility index (Phi) is 8.20. The second-order valence-corrected chi connectivity index (χ2v) is 6.81. The summed E-state index contributed by atoms with van der Waals surface area (Å²) in [6.07, 6.45) is 0.725. The van der Waals surface area contributed by atoms with Crippen molar-refractivity contribution in [3.8, 4) is 0 Å². The van der Waals surface area contributed by atoms with Crippen molar-refractivity contribution in [1.29, 1.82) is 0 Å². The summed E-state index contributed by atoms with van der Waals surface area (Å²) in [6, 6.07) is 7.91. The molecular weight excluding hydrogens is 340 g/mol. The highest BCUT2D eigenvalue weighted by atomic mass is 32.2. The highest BCUT2D eigenvalue weighted by Crippen LogP contribution is 2.13. The summed E-state index contributed by atoms with van der Waals surface area (Å²) in [5.74, 6) is -0.323. The summed E-state index contributed by atoms with van der Waals surface area (Å²) in [5.41, 5.74) is 1.13. The number of rotatable bonds is 8. The summed E-state index contributed by atoms with van der Waals surface area (Å²) >= 11 is 1.21. The molecule has 0 bridgehead atoms. The van der Waals surface area contributed by atoms with E-state index in [4.69, 9.17) is 9.88 Å².